The highest BCUT2D eigenvalue weighted by Crippen LogP contribution is 2.17. The van der Waals surface area contributed by atoms with Gasteiger partial charge >= 0.3 is 14.8 Å². The fourth-order valence-corrected chi connectivity index (χ4v) is 3.86. The van der Waals surface area contributed by atoms with Crippen molar-refractivity contribution in [2.75, 3.05) is 26.4 Å². The van der Waals surface area contributed by atoms with Crippen LogP contribution in [0, 0.1) is 0 Å². The lowest BCUT2D eigenvalue weighted by Crippen LogP contribution is -2.47. The van der Waals surface area contributed by atoms with Gasteiger partial charge < -0.3 is 18.0 Å². The molecule has 6 heteroatoms. The SMILES string of the molecule is C=CC(=O)OCC[Si](OCC)(OCC)OCCCC. The van der Waals surface area contributed by atoms with Crippen LogP contribution in [0.5, 0.6) is 0 Å². The molecular formula is C13H26O5Si. The van der Waals surface area contributed by atoms with Gasteiger partial charge in [-0.15, -0.1) is 0 Å². The predicted octanol–water partition coefficient (Wildman–Crippen LogP) is 2.54. The summed E-state index contributed by atoms with van der Waals surface area (Å²) in [5.74, 6) is -0.440. The second-order valence-electron chi connectivity index (χ2n) is 3.87. The molecule has 0 aliphatic rings. The molecule has 0 bridgehead atoms. The second-order valence-corrected chi connectivity index (χ2v) is 6.60. The number of unbranched alkanes of at least 4 members (excludes halogenated alkanes) is 1. The van der Waals surface area contributed by atoms with Crippen molar-refractivity contribution in [3.63, 3.8) is 0 Å². The second kappa shape index (κ2) is 11.2. The Hall–Kier alpha value is -0.693. The van der Waals surface area contributed by atoms with E-state index >= 15 is 0 Å². The maximum Gasteiger partial charge on any atom is 0.504 e. The van der Waals surface area contributed by atoms with Crippen molar-refractivity contribution >= 4 is 14.8 Å². The molecule has 0 N–H and O–H groups in total. The molecule has 0 aliphatic heterocycles. The summed E-state index contributed by atoms with van der Waals surface area (Å²) in [6.45, 7) is 11.1. The summed E-state index contributed by atoms with van der Waals surface area (Å²) in [6.07, 6.45) is 3.15. The first-order chi connectivity index (χ1) is 9.14. The molecule has 0 amide bonds. The lowest BCUT2D eigenvalue weighted by atomic mass is 10.4. The molecule has 0 aromatic carbocycles. The smallest absolute Gasteiger partial charge is 0.463 e. The van der Waals surface area contributed by atoms with Crippen LogP contribution in [-0.2, 0) is 22.8 Å². The van der Waals surface area contributed by atoms with Crippen LogP contribution < -0.4 is 0 Å². The van der Waals surface area contributed by atoms with Crippen LogP contribution in [0.4, 0.5) is 0 Å². The predicted molar refractivity (Wildman–Crippen MR) is 75.8 cm³/mol. The van der Waals surface area contributed by atoms with Crippen LogP contribution in [0.3, 0.4) is 0 Å². The molecule has 0 radical (unpaired) electrons. The maximum absolute atomic E-state index is 11.0. The van der Waals surface area contributed by atoms with Gasteiger partial charge in [0.05, 0.1) is 12.7 Å². The van der Waals surface area contributed by atoms with E-state index < -0.39 is 14.8 Å². The molecule has 0 fully saturated rings. The van der Waals surface area contributed by atoms with Gasteiger partial charge in [0.25, 0.3) is 0 Å². The van der Waals surface area contributed by atoms with Crippen LogP contribution in [-0.4, -0.2) is 41.2 Å². The van der Waals surface area contributed by atoms with Crippen molar-refractivity contribution in [1.82, 2.24) is 0 Å². The minimum absolute atomic E-state index is 0.225. The number of carbonyl (C=O) groups is 1. The third-order valence-corrected chi connectivity index (χ3v) is 5.29. The van der Waals surface area contributed by atoms with E-state index in [1.54, 1.807) is 0 Å². The van der Waals surface area contributed by atoms with E-state index in [-0.39, 0.29) is 6.61 Å². The zero-order valence-corrected chi connectivity index (χ0v) is 13.3. The van der Waals surface area contributed by atoms with Gasteiger partial charge in [-0.2, -0.15) is 0 Å². The van der Waals surface area contributed by atoms with Crippen LogP contribution in [0.2, 0.25) is 6.04 Å². The van der Waals surface area contributed by atoms with Gasteiger partial charge in [-0.25, -0.2) is 4.79 Å². The van der Waals surface area contributed by atoms with Gasteiger partial charge in [-0.05, 0) is 20.3 Å². The molecule has 19 heavy (non-hydrogen) atoms. The maximum atomic E-state index is 11.0. The molecule has 0 aromatic heterocycles. The average Bonchev–Trinajstić information content (AvgIpc) is 2.39. The van der Waals surface area contributed by atoms with Crippen molar-refractivity contribution in [2.45, 2.75) is 39.7 Å². The first-order valence-electron chi connectivity index (χ1n) is 6.85. The summed E-state index contributed by atoms with van der Waals surface area (Å²) in [4.78, 5) is 11.0. The summed E-state index contributed by atoms with van der Waals surface area (Å²) in [6, 6.07) is 0.470. The molecule has 0 heterocycles. The number of rotatable bonds is 12. The number of carbonyl (C=O) groups excluding carboxylic acids is 1. The van der Waals surface area contributed by atoms with E-state index in [9.17, 15) is 4.79 Å². The Labute approximate surface area is 117 Å². The molecule has 0 saturated heterocycles. The summed E-state index contributed by atoms with van der Waals surface area (Å²) in [5, 5.41) is 0. The zero-order valence-electron chi connectivity index (χ0n) is 12.3. The van der Waals surface area contributed by atoms with Gasteiger partial charge in [-0.3, -0.25) is 0 Å². The lowest BCUT2D eigenvalue weighted by Gasteiger charge is -2.28. The van der Waals surface area contributed by atoms with Crippen molar-refractivity contribution in [1.29, 1.82) is 0 Å². The Balaban J connectivity index is 4.41. The molecule has 0 aromatic rings. The molecule has 0 rings (SSSR count). The number of esters is 1. The zero-order chi connectivity index (χ0) is 14.6. The largest absolute Gasteiger partial charge is 0.504 e. The average molecular weight is 290 g/mol. The molecule has 112 valence electrons. The first-order valence-corrected chi connectivity index (χ1v) is 8.78. The summed E-state index contributed by atoms with van der Waals surface area (Å²) in [5.41, 5.74) is 0. The van der Waals surface area contributed by atoms with Crippen molar-refractivity contribution < 1.29 is 22.8 Å². The fraction of sp³-hybridized carbons (Fsp3) is 0.769. The number of hydrogen-bond donors (Lipinski definition) is 0. The van der Waals surface area contributed by atoms with Crippen molar-refractivity contribution in [3.05, 3.63) is 12.7 Å². The Morgan fingerprint density at radius 2 is 1.74 bits per heavy atom. The van der Waals surface area contributed by atoms with Gasteiger partial charge in [0.2, 0.25) is 0 Å². The number of hydrogen-bond acceptors (Lipinski definition) is 5. The Morgan fingerprint density at radius 1 is 1.11 bits per heavy atom. The standard InChI is InChI=1S/C13H26O5Si/c1-5-9-10-18-19(16-7-3,17-8-4)12-11-15-13(14)6-2/h6H,2,5,7-12H2,1,3-4H3. The van der Waals surface area contributed by atoms with E-state index in [2.05, 4.69) is 13.5 Å². The molecule has 0 unspecified atom stereocenters. The quantitative estimate of drug-likeness (QED) is 0.239. The summed E-state index contributed by atoms with van der Waals surface area (Å²) in [7, 11) is -2.72. The third kappa shape index (κ3) is 8.15. The fourth-order valence-electron chi connectivity index (χ4n) is 1.49. The van der Waals surface area contributed by atoms with Gasteiger partial charge in [0.15, 0.2) is 0 Å². The van der Waals surface area contributed by atoms with Crippen molar-refractivity contribution in [3.8, 4) is 0 Å². The van der Waals surface area contributed by atoms with E-state index in [1.807, 2.05) is 13.8 Å². The molecule has 5 nitrogen and oxygen atoms in total. The normalized spacial score (nSPS) is 11.3. The van der Waals surface area contributed by atoms with E-state index in [4.69, 9.17) is 18.0 Å². The molecule has 0 aliphatic carbocycles. The third-order valence-electron chi connectivity index (χ3n) is 2.37. The van der Waals surface area contributed by atoms with Crippen LogP contribution >= 0.6 is 0 Å². The van der Waals surface area contributed by atoms with E-state index in [0.717, 1.165) is 18.9 Å². The lowest BCUT2D eigenvalue weighted by molar-refractivity contribution is -0.137. The van der Waals surface area contributed by atoms with E-state index in [0.29, 0.717) is 25.9 Å². The minimum atomic E-state index is -2.72. The van der Waals surface area contributed by atoms with Crippen molar-refractivity contribution in [2.24, 2.45) is 0 Å². The highest BCUT2D eigenvalue weighted by atomic mass is 28.4. The minimum Gasteiger partial charge on any atom is -0.463 e. The van der Waals surface area contributed by atoms with Gasteiger partial charge in [-0.1, -0.05) is 19.9 Å². The molecule has 0 saturated carbocycles. The topological polar surface area (TPSA) is 54.0 Å². The first kappa shape index (κ1) is 18.3. The monoisotopic (exact) mass is 290 g/mol. The highest BCUT2D eigenvalue weighted by Gasteiger charge is 2.40. The van der Waals surface area contributed by atoms with Crippen LogP contribution in [0.15, 0.2) is 12.7 Å². The van der Waals surface area contributed by atoms with Crippen LogP contribution in [0.1, 0.15) is 33.6 Å². The Bertz CT molecular complexity index is 251. The molecule has 0 spiro atoms. The molecule has 0 atom stereocenters. The number of ether oxygens (including phenoxy) is 1. The summed E-state index contributed by atoms with van der Waals surface area (Å²) < 4.78 is 22.2. The highest BCUT2D eigenvalue weighted by molar-refractivity contribution is 6.60. The molecular weight excluding hydrogens is 264 g/mol. The van der Waals surface area contributed by atoms with Gasteiger partial charge in [0.1, 0.15) is 0 Å². The Morgan fingerprint density at radius 3 is 2.21 bits per heavy atom. The van der Waals surface area contributed by atoms with Gasteiger partial charge in [0, 0.05) is 25.9 Å². The summed E-state index contributed by atoms with van der Waals surface area (Å²) >= 11 is 0. The Kier molecular flexibility index (Phi) is 10.8. The van der Waals surface area contributed by atoms with Crippen LogP contribution in [0.25, 0.3) is 0 Å². The van der Waals surface area contributed by atoms with E-state index in [1.165, 1.54) is 0 Å².